The van der Waals surface area contributed by atoms with Crippen LogP contribution in [0.3, 0.4) is 0 Å². The van der Waals surface area contributed by atoms with Crippen molar-refractivity contribution in [3.05, 3.63) is 40.5 Å². The van der Waals surface area contributed by atoms with Gasteiger partial charge < -0.3 is 20.3 Å². The Morgan fingerprint density at radius 1 is 1.30 bits per heavy atom. The van der Waals surface area contributed by atoms with E-state index in [2.05, 4.69) is 15.0 Å². The van der Waals surface area contributed by atoms with E-state index >= 15 is 0 Å². The standard InChI is InChI=1S/C16H17F2N3O5S/c1-8-5-11(18)9(6-10(8)17)7-26-13-12(15(23)24)14(27-21-13)20-16(25)19-3-2-4-22/h5-6,22H,2-4,7H2,1H3,(H,23,24)(H2,19,20,25). The molecular formula is C16H17F2N3O5S. The minimum Gasteiger partial charge on any atom is -0.477 e. The molecule has 1 aromatic carbocycles. The van der Waals surface area contributed by atoms with Crippen LogP contribution >= 0.6 is 11.5 Å². The Hall–Kier alpha value is -2.79. The van der Waals surface area contributed by atoms with Crippen LogP contribution in [0.1, 0.15) is 27.9 Å². The molecule has 0 fully saturated rings. The smallest absolute Gasteiger partial charge is 0.344 e. The lowest BCUT2D eigenvalue weighted by Crippen LogP contribution is -2.30. The number of hydrogen-bond acceptors (Lipinski definition) is 6. The van der Waals surface area contributed by atoms with Crippen LogP contribution in [-0.2, 0) is 6.61 Å². The molecule has 27 heavy (non-hydrogen) atoms. The number of carboxylic acid groups (broad SMARTS) is 1. The maximum Gasteiger partial charge on any atom is 0.344 e. The fourth-order valence-corrected chi connectivity index (χ4v) is 2.74. The summed E-state index contributed by atoms with van der Waals surface area (Å²) < 4.78 is 36.5. The molecule has 0 aliphatic carbocycles. The van der Waals surface area contributed by atoms with Gasteiger partial charge in [-0.05, 0) is 42.6 Å². The molecular weight excluding hydrogens is 384 g/mol. The maximum atomic E-state index is 13.9. The monoisotopic (exact) mass is 401 g/mol. The largest absolute Gasteiger partial charge is 0.477 e. The molecule has 1 aromatic heterocycles. The summed E-state index contributed by atoms with van der Waals surface area (Å²) in [5.74, 6) is -3.03. The van der Waals surface area contributed by atoms with Gasteiger partial charge in [-0.2, -0.15) is 4.37 Å². The van der Waals surface area contributed by atoms with Crippen LogP contribution in [0.2, 0.25) is 0 Å². The van der Waals surface area contributed by atoms with Crippen molar-refractivity contribution < 1.29 is 33.3 Å². The van der Waals surface area contributed by atoms with Crippen LogP contribution in [-0.4, -0.2) is 39.7 Å². The molecule has 0 spiro atoms. The van der Waals surface area contributed by atoms with E-state index in [0.717, 1.165) is 12.1 Å². The summed E-state index contributed by atoms with van der Waals surface area (Å²) in [6.07, 6.45) is 0.342. The van der Waals surface area contributed by atoms with E-state index in [0.29, 0.717) is 18.0 Å². The van der Waals surface area contributed by atoms with E-state index in [1.165, 1.54) is 6.92 Å². The van der Waals surface area contributed by atoms with Crippen molar-refractivity contribution >= 4 is 28.5 Å². The number of amides is 2. The highest BCUT2D eigenvalue weighted by Gasteiger charge is 2.23. The number of aromatic nitrogens is 1. The number of hydrogen-bond donors (Lipinski definition) is 4. The van der Waals surface area contributed by atoms with E-state index in [4.69, 9.17) is 9.84 Å². The molecule has 0 aliphatic rings. The Labute approximate surface area is 157 Å². The van der Waals surface area contributed by atoms with Crippen LogP contribution in [0, 0.1) is 18.6 Å². The first-order valence-electron chi connectivity index (χ1n) is 7.79. The first-order chi connectivity index (χ1) is 12.8. The number of aryl methyl sites for hydroxylation is 1. The molecule has 0 saturated heterocycles. The highest BCUT2D eigenvalue weighted by Crippen LogP contribution is 2.31. The molecule has 0 bridgehead atoms. The zero-order valence-electron chi connectivity index (χ0n) is 14.2. The van der Waals surface area contributed by atoms with Crippen LogP contribution in [0.25, 0.3) is 0 Å². The molecule has 1 heterocycles. The SMILES string of the molecule is Cc1cc(F)c(COc2nsc(NC(=O)NCCCO)c2C(=O)O)cc1F. The summed E-state index contributed by atoms with van der Waals surface area (Å²) in [6, 6.07) is 1.30. The number of carboxylic acids is 1. The third kappa shape index (κ3) is 5.34. The number of aliphatic hydroxyl groups excluding tert-OH is 1. The molecule has 0 saturated carbocycles. The second-order valence-corrected chi connectivity index (χ2v) is 6.21. The van der Waals surface area contributed by atoms with Crippen molar-refractivity contribution in [2.24, 2.45) is 0 Å². The van der Waals surface area contributed by atoms with Crippen LogP contribution in [0.5, 0.6) is 5.88 Å². The number of carbonyl (C=O) groups excluding carboxylic acids is 1. The zero-order chi connectivity index (χ0) is 20.0. The normalized spacial score (nSPS) is 10.5. The Bertz CT molecular complexity index is 844. The molecule has 0 radical (unpaired) electrons. The van der Waals surface area contributed by atoms with E-state index in [-0.39, 0.29) is 35.2 Å². The Kier molecular flexibility index (Phi) is 7.02. The number of halogens is 2. The van der Waals surface area contributed by atoms with Gasteiger partial charge in [-0.3, -0.25) is 5.32 Å². The number of benzene rings is 1. The summed E-state index contributed by atoms with van der Waals surface area (Å²) in [7, 11) is 0. The lowest BCUT2D eigenvalue weighted by molar-refractivity contribution is 0.0693. The van der Waals surface area contributed by atoms with Gasteiger partial charge in [0, 0.05) is 18.7 Å². The molecule has 0 aliphatic heterocycles. The first kappa shape index (κ1) is 20.5. The molecule has 4 N–H and O–H groups in total. The number of anilines is 1. The molecule has 0 atom stereocenters. The van der Waals surface area contributed by atoms with Crippen molar-refractivity contribution in [1.82, 2.24) is 9.69 Å². The third-order valence-corrected chi connectivity index (χ3v) is 4.16. The van der Waals surface area contributed by atoms with Crippen LogP contribution in [0.15, 0.2) is 12.1 Å². The third-order valence-electron chi connectivity index (χ3n) is 3.41. The topological polar surface area (TPSA) is 121 Å². The number of nitrogens with one attached hydrogen (secondary N) is 2. The second kappa shape index (κ2) is 9.24. The minimum atomic E-state index is -1.40. The van der Waals surface area contributed by atoms with Crippen molar-refractivity contribution in [2.75, 3.05) is 18.5 Å². The number of aliphatic hydroxyl groups is 1. The van der Waals surface area contributed by atoms with Crippen molar-refractivity contribution in [1.29, 1.82) is 0 Å². The van der Waals surface area contributed by atoms with Gasteiger partial charge in [-0.15, -0.1) is 0 Å². The molecule has 8 nitrogen and oxygen atoms in total. The predicted molar refractivity (Wildman–Crippen MR) is 93.2 cm³/mol. The molecule has 2 amide bonds. The van der Waals surface area contributed by atoms with Gasteiger partial charge >= 0.3 is 12.0 Å². The van der Waals surface area contributed by atoms with Gasteiger partial charge in [-0.25, -0.2) is 18.4 Å². The average molecular weight is 401 g/mol. The average Bonchev–Trinajstić information content (AvgIpc) is 3.00. The van der Waals surface area contributed by atoms with E-state index in [1.807, 2.05) is 0 Å². The Balaban J connectivity index is 2.11. The fourth-order valence-electron chi connectivity index (χ4n) is 2.02. The number of aromatic carboxylic acids is 1. The summed E-state index contributed by atoms with van der Waals surface area (Å²) in [6.45, 7) is 1.07. The second-order valence-electron chi connectivity index (χ2n) is 5.44. The first-order valence-corrected chi connectivity index (χ1v) is 8.56. The summed E-state index contributed by atoms with van der Waals surface area (Å²) in [4.78, 5) is 23.2. The molecule has 2 aromatic rings. The van der Waals surface area contributed by atoms with Gasteiger partial charge in [-0.1, -0.05) is 0 Å². The van der Waals surface area contributed by atoms with Gasteiger partial charge in [0.05, 0.1) is 0 Å². The zero-order valence-corrected chi connectivity index (χ0v) is 15.0. The molecule has 0 unspecified atom stereocenters. The lowest BCUT2D eigenvalue weighted by Gasteiger charge is -2.08. The van der Waals surface area contributed by atoms with E-state index in [1.54, 1.807) is 0 Å². The van der Waals surface area contributed by atoms with Gasteiger partial charge in [0.1, 0.15) is 23.2 Å². The number of rotatable bonds is 8. The molecule has 2 rings (SSSR count). The number of urea groups is 1. The summed E-state index contributed by atoms with van der Waals surface area (Å²) >= 11 is 0.672. The highest BCUT2D eigenvalue weighted by atomic mass is 32.1. The van der Waals surface area contributed by atoms with Crippen molar-refractivity contribution in [3.63, 3.8) is 0 Å². The van der Waals surface area contributed by atoms with Crippen LogP contribution < -0.4 is 15.4 Å². The molecule has 11 heteroatoms. The van der Waals surface area contributed by atoms with E-state index < -0.39 is 35.8 Å². The number of nitrogens with zero attached hydrogens (tertiary/aromatic N) is 1. The summed E-state index contributed by atoms with van der Waals surface area (Å²) in [5, 5.41) is 22.7. The van der Waals surface area contributed by atoms with Crippen LogP contribution in [0.4, 0.5) is 18.6 Å². The fraction of sp³-hybridized carbons (Fsp3) is 0.312. The molecule has 146 valence electrons. The van der Waals surface area contributed by atoms with Crippen molar-refractivity contribution in [2.45, 2.75) is 20.0 Å². The maximum absolute atomic E-state index is 13.9. The number of carbonyl (C=O) groups is 2. The van der Waals surface area contributed by atoms with Gasteiger partial charge in [0.25, 0.3) is 0 Å². The van der Waals surface area contributed by atoms with E-state index in [9.17, 15) is 23.5 Å². The number of ether oxygens (including phenoxy) is 1. The highest BCUT2D eigenvalue weighted by molar-refractivity contribution is 7.11. The quantitative estimate of drug-likeness (QED) is 0.505. The lowest BCUT2D eigenvalue weighted by atomic mass is 10.1. The Morgan fingerprint density at radius 2 is 2.04 bits per heavy atom. The van der Waals surface area contributed by atoms with Crippen molar-refractivity contribution in [3.8, 4) is 5.88 Å². The summed E-state index contributed by atoms with van der Waals surface area (Å²) in [5.41, 5.74) is -0.362. The van der Waals surface area contributed by atoms with Gasteiger partial charge in [0.2, 0.25) is 5.88 Å². The minimum absolute atomic E-state index is 0.0745. The Morgan fingerprint density at radius 3 is 2.70 bits per heavy atom. The van der Waals surface area contributed by atoms with Gasteiger partial charge in [0.15, 0.2) is 5.56 Å². The predicted octanol–water partition coefficient (Wildman–Crippen LogP) is 2.51.